The highest BCUT2D eigenvalue weighted by atomic mass is 35.5. The molecule has 2 aromatic carbocycles. The van der Waals surface area contributed by atoms with Gasteiger partial charge in [0, 0.05) is 30.7 Å². The van der Waals surface area contributed by atoms with Crippen LogP contribution in [0.3, 0.4) is 0 Å². The highest BCUT2D eigenvalue weighted by Crippen LogP contribution is 2.27. The van der Waals surface area contributed by atoms with E-state index in [-0.39, 0.29) is 9.92 Å². The van der Waals surface area contributed by atoms with Gasteiger partial charge in [0.25, 0.3) is 0 Å². The summed E-state index contributed by atoms with van der Waals surface area (Å²) in [7, 11) is -2.03. The Kier molecular flexibility index (Phi) is 4.67. The number of rotatable bonds is 5. The van der Waals surface area contributed by atoms with Crippen molar-refractivity contribution in [3.8, 4) is 0 Å². The number of aryl methyl sites for hydroxylation is 1. The molecule has 0 aliphatic heterocycles. The third kappa shape index (κ3) is 3.07. The van der Waals surface area contributed by atoms with Gasteiger partial charge in [0.1, 0.15) is 4.90 Å². The number of nitrogens with zero attached hydrogens (tertiary/aromatic N) is 1. The van der Waals surface area contributed by atoms with Gasteiger partial charge in [-0.25, -0.2) is 12.7 Å². The van der Waals surface area contributed by atoms with Crippen LogP contribution >= 0.6 is 11.6 Å². The van der Waals surface area contributed by atoms with Gasteiger partial charge in [-0.3, -0.25) is 0 Å². The Labute approximate surface area is 147 Å². The molecule has 0 radical (unpaired) electrons. The van der Waals surface area contributed by atoms with Crippen molar-refractivity contribution >= 4 is 32.5 Å². The van der Waals surface area contributed by atoms with E-state index in [9.17, 15) is 8.42 Å². The lowest BCUT2D eigenvalue weighted by atomic mass is 10.1. The largest absolute Gasteiger partial charge is 0.361 e. The fraction of sp³-hybridized carbons (Fsp3) is 0.222. The number of fused-ring (bicyclic) bond motifs is 1. The summed E-state index contributed by atoms with van der Waals surface area (Å²) in [5.41, 5.74) is 2.81. The van der Waals surface area contributed by atoms with Gasteiger partial charge in [0.2, 0.25) is 10.0 Å². The van der Waals surface area contributed by atoms with E-state index in [4.69, 9.17) is 11.6 Å². The van der Waals surface area contributed by atoms with Crippen molar-refractivity contribution in [2.24, 2.45) is 0 Å². The third-order valence-corrected chi connectivity index (χ3v) is 6.69. The second-order valence-corrected chi connectivity index (χ2v) is 8.21. The molecule has 24 heavy (non-hydrogen) atoms. The van der Waals surface area contributed by atoms with E-state index in [0.717, 1.165) is 16.5 Å². The van der Waals surface area contributed by atoms with Crippen molar-refractivity contribution in [1.82, 2.24) is 9.29 Å². The standard InChI is InChI=1S/C18H19ClN2O2S/c1-13-6-5-8-16(19)18(13)24(22,23)21(2)11-10-14-12-20-17-9-4-3-7-15(14)17/h3-9,12,20H,10-11H2,1-2H3. The number of H-pyrrole nitrogens is 1. The maximum atomic E-state index is 12.8. The highest BCUT2D eigenvalue weighted by Gasteiger charge is 2.25. The van der Waals surface area contributed by atoms with Crippen molar-refractivity contribution < 1.29 is 8.42 Å². The predicted molar refractivity (Wildman–Crippen MR) is 98.0 cm³/mol. The number of likely N-dealkylation sites (N-methyl/N-ethyl adjacent to an activating group) is 1. The Morgan fingerprint density at radius 2 is 1.88 bits per heavy atom. The predicted octanol–water partition coefficient (Wildman–Crippen LogP) is 3.99. The zero-order valence-electron chi connectivity index (χ0n) is 13.6. The van der Waals surface area contributed by atoms with Crippen LogP contribution in [0.1, 0.15) is 11.1 Å². The zero-order valence-corrected chi connectivity index (χ0v) is 15.2. The van der Waals surface area contributed by atoms with Crippen molar-refractivity contribution in [3.63, 3.8) is 0 Å². The Balaban J connectivity index is 1.83. The average molecular weight is 363 g/mol. The van der Waals surface area contributed by atoms with E-state index < -0.39 is 10.0 Å². The molecule has 0 saturated carbocycles. The molecule has 126 valence electrons. The Bertz CT molecular complexity index is 959. The summed E-state index contributed by atoms with van der Waals surface area (Å²) >= 11 is 6.13. The van der Waals surface area contributed by atoms with Crippen LogP contribution in [0.15, 0.2) is 53.6 Å². The number of aromatic amines is 1. The minimum Gasteiger partial charge on any atom is -0.361 e. The summed E-state index contributed by atoms with van der Waals surface area (Å²) in [4.78, 5) is 3.40. The van der Waals surface area contributed by atoms with Gasteiger partial charge >= 0.3 is 0 Å². The first kappa shape index (κ1) is 17.0. The maximum absolute atomic E-state index is 12.8. The topological polar surface area (TPSA) is 53.2 Å². The SMILES string of the molecule is Cc1cccc(Cl)c1S(=O)(=O)N(C)CCc1c[nH]c2ccccc12. The lowest BCUT2D eigenvalue weighted by molar-refractivity contribution is 0.472. The number of hydrogen-bond acceptors (Lipinski definition) is 2. The molecule has 1 aromatic heterocycles. The third-order valence-electron chi connectivity index (χ3n) is 4.20. The Morgan fingerprint density at radius 1 is 1.12 bits per heavy atom. The van der Waals surface area contributed by atoms with Crippen molar-refractivity contribution in [1.29, 1.82) is 0 Å². The molecule has 6 heteroatoms. The van der Waals surface area contributed by atoms with Crippen LogP contribution in [0, 0.1) is 6.92 Å². The van der Waals surface area contributed by atoms with Crippen molar-refractivity contribution in [3.05, 3.63) is 64.8 Å². The first-order valence-electron chi connectivity index (χ1n) is 7.67. The summed E-state index contributed by atoms with van der Waals surface area (Å²) in [6.07, 6.45) is 2.56. The van der Waals surface area contributed by atoms with Crippen LogP contribution < -0.4 is 0 Å². The summed E-state index contributed by atoms with van der Waals surface area (Å²) in [6, 6.07) is 13.1. The fourth-order valence-corrected chi connectivity index (χ4v) is 4.78. The normalized spacial score (nSPS) is 12.2. The fourth-order valence-electron chi connectivity index (χ4n) is 2.84. The first-order valence-corrected chi connectivity index (χ1v) is 9.49. The van der Waals surface area contributed by atoms with Crippen LogP contribution in [-0.2, 0) is 16.4 Å². The molecule has 0 aliphatic rings. The van der Waals surface area contributed by atoms with E-state index >= 15 is 0 Å². The number of halogens is 1. The summed E-state index contributed by atoms with van der Waals surface area (Å²) < 4.78 is 27.0. The number of aromatic nitrogens is 1. The molecule has 0 spiro atoms. The highest BCUT2D eigenvalue weighted by molar-refractivity contribution is 7.89. The average Bonchev–Trinajstić information content (AvgIpc) is 2.95. The molecule has 1 heterocycles. The Morgan fingerprint density at radius 3 is 2.62 bits per heavy atom. The van der Waals surface area contributed by atoms with Crippen molar-refractivity contribution in [2.75, 3.05) is 13.6 Å². The van der Waals surface area contributed by atoms with Gasteiger partial charge in [0.15, 0.2) is 0 Å². The van der Waals surface area contributed by atoms with Gasteiger partial charge in [0.05, 0.1) is 5.02 Å². The molecule has 0 unspecified atom stereocenters. The van der Waals surface area contributed by atoms with Crippen LogP contribution in [0.4, 0.5) is 0 Å². The van der Waals surface area contributed by atoms with Gasteiger partial charge in [-0.05, 0) is 36.6 Å². The number of hydrogen-bond donors (Lipinski definition) is 1. The monoisotopic (exact) mass is 362 g/mol. The van der Waals surface area contributed by atoms with Gasteiger partial charge in [-0.2, -0.15) is 0 Å². The molecule has 0 saturated heterocycles. The van der Waals surface area contributed by atoms with Crippen LogP contribution in [0.2, 0.25) is 5.02 Å². The second kappa shape index (κ2) is 6.59. The molecule has 0 aliphatic carbocycles. The lowest BCUT2D eigenvalue weighted by Gasteiger charge is -2.19. The smallest absolute Gasteiger partial charge is 0.244 e. The second-order valence-electron chi connectivity index (χ2n) is 5.82. The first-order chi connectivity index (χ1) is 11.4. The molecular formula is C18H19ClN2O2S. The molecule has 0 amide bonds. The van der Waals surface area contributed by atoms with Gasteiger partial charge < -0.3 is 4.98 Å². The summed E-state index contributed by atoms with van der Waals surface area (Å²) in [5.74, 6) is 0. The minimum absolute atomic E-state index is 0.188. The molecule has 0 fully saturated rings. The van der Waals surface area contributed by atoms with E-state index in [1.54, 1.807) is 32.2 Å². The number of sulfonamides is 1. The van der Waals surface area contributed by atoms with Crippen LogP contribution in [0.25, 0.3) is 10.9 Å². The van der Waals surface area contributed by atoms with Crippen molar-refractivity contribution in [2.45, 2.75) is 18.2 Å². The van der Waals surface area contributed by atoms with E-state index in [0.29, 0.717) is 18.5 Å². The molecule has 0 bridgehead atoms. The maximum Gasteiger partial charge on any atom is 0.244 e. The molecule has 3 aromatic rings. The van der Waals surface area contributed by atoms with Crippen LogP contribution in [0.5, 0.6) is 0 Å². The molecular weight excluding hydrogens is 344 g/mol. The molecule has 4 nitrogen and oxygen atoms in total. The number of nitrogens with one attached hydrogen (secondary N) is 1. The molecule has 0 atom stereocenters. The minimum atomic E-state index is -3.62. The quantitative estimate of drug-likeness (QED) is 0.746. The van der Waals surface area contributed by atoms with Gasteiger partial charge in [-0.15, -0.1) is 0 Å². The lowest BCUT2D eigenvalue weighted by Crippen LogP contribution is -2.29. The Hall–Kier alpha value is -1.82. The summed E-state index contributed by atoms with van der Waals surface area (Å²) in [5, 5.41) is 1.38. The molecule has 3 rings (SSSR count). The zero-order chi connectivity index (χ0) is 17.3. The molecule has 1 N–H and O–H groups in total. The van der Waals surface area contributed by atoms with Crippen LogP contribution in [-0.4, -0.2) is 31.3 Å². The number of benzene rings is 2. The number of para-hydroxylation sites is 1. The van der Waals surface area contributed by atoms with E-state index in [1.165, 1.54) is 4.31 Å². The van der Waals surface area contributed by atoms with Gasteiger partial charge in [-0.1, -0.05) is 41.9 Å². The summed E-state index contributed by atoms with van der Waals surface area (Å²) in [6.45, 7) is 2.14. The van der Waals surface area contributed by atoms with E-state index in [1.807, 2.05) is 30.5 Å². The van der Waals surface area contributed by atoms with E-state index in [2.05, 4.69) is 4.98 Å².